The minimum Gasteiger partial charge on any atom is -1.00 e. The Bertz CT molecular complexity index is 839. The molecule has 2 aliphatic rings. The molecule has 0 atom stereocenters. The van der Waals surface area contributed by atoms with Crippen LogP contribution in [0.2, 0.25) is 0 Å². The Morgan fingerprint density at radius 3 is 1.36 bits per heavy atom. The van der Waals surface area contributed by atoms with Gasteiger partial charge in [0, 0.05) is 0 Å². The van der Waals surface area contributed by atoms with E-state index in [0.717, 1.165) is 0 Å². The fourth-order valence-corrected chi connectivity index (χ4v) is 39.1. The normalized spacial score (nSPS) is 15.1. The predicted molar refractivity (Wildman–Crippen MR) is 112 cm³/mol. The first-order valence-electron chi connectivity index (χ1n) is 9.46. The fraction of sp³-hybridized carbons (Fsp3) is 0.167. The molecule has 143 valence electrons. The third-order valence-corrected chi connectivity index (χ3v) is 36.3. The Morgan fingerprint density at radius 2 is 1.04 bits per heavy atom. The Hall–Kier alpha value is -0.933. The van der Waals surface area contributed by atoms with Crippen molar-refractivity contribution in [2.24, 2.45) is 0 Å². The molecule has 4 heteroatoms. The van der Waals surface area contributed by atoms with Crippen molar-refractivity contribution in [2.75, 3.05) is 0 Å². The second-order valence-electron chi connectivity index (χ2n) is 7.20. The summed E-state index contributed by atoms with van der Waals surface area (Å²) in [5.74, 6) is -1.23. The number of benzene rings is 2. The van der Waals surface area contributed by atoms with Crippen LogP contribution in [0.15, 0.2) is 103 Å². The summed E-state index contributed by atoms with van der Waals surface area (Å²) in [6, 6.07) is 22.9. The van der Waals surface area contributed by atoms with Gasteiger partial charge in [-0.15, -0.1) is 0 Å². The zero-order valence-corrected chi connectivity index (χ0v) is 22.6. The van der Waals surface area contributed by atoms with Crippen LogP contribution in [-0.2, 0) is 20.6 Å². The van der Waals surface area contributed by atoms with Gasteiger partial charge >= 0.3 is 166 Å². The molecule has 2 aromatic rings. The minimum atomic E-state index is -2.21. The maximum atomic E-state index is 2.41. The molecule has 0 saturated heterocycles. The molecule has 0 aliphatic heterocycles. The average molecular weight is 591 g/mol. The SMILES string of the molecule is CC1=[C]([Hf+2]([C]2=C(C)C=CC2)[SiH](c2ccccc2)c2ccccc2)CC=C1.[Cl-].[Cl-]. The summed E-state index contributed by atoms with van der Waals surface area (Å²) in [6.07, 6.45) is 11.9. The Labute approximate surface area is 190 Å². The number of hydrogen-bond donors (Lipinski definition) is 0. The summed E-state index contributed by atoms with van der Waals surface area (Å²) in [7, 11) is 0. The van der Waals surface area contributed by atoms with Crippen molar-refractivity contribution in [3.63, 3.8) is 0 Å². The van der Waals surface area contributed by atoms with Crippen molar-refractivity contribution in [1.29, 1.82) is 0 Å². The van der Waals surface area contributed by atoms with Crippen molar-refractivity contribution in [3.8, 4) is 0 Å². The van der Waals surface area contributed by atoms with Crippen LogP contribution in [0.4, 0.5) is 0 Å². The van der Waals surface area contributed by atoms with E-state index in [1.807, 2.05) is 6.66 Å². The van der Waals surface area contributed by atoms with Crippen molar-refractivity contribution < 1.29 is 45.4 Å². The first-order valence-corrected chi connectivity index (χ1v) is 21.0. The largest absolute Gasteiger partial charge is 1.00 e. The fourth-order valence-electron chi connectivity index (χ4n) is 4.22. The van der Waals surface area contributed by atoms with Crippen LogP contribution in [0.1, 0.15) is 26.7 Å². The van der Waals surface area contributed by atoms with Gasteiger partial charge in [0.25, 0.3) is 0 Å². The maximum absolute atomic E-state index is 2.41. The molecule has 0 unspecified atom stereocenters. The standard InChI is InChI=1S/C12H11Si.2C6H7.2ClH.Hf/c1-3-7-11(8-4-1)13-12-9-5-2-6-10-12;2*1-6-4-2-3-5-6;;;/h1-10,13H;2*2,4H,3H2,1H3;2*1H;/q;;;;;+2/p-2. The van der Waals surface area contributed by atoms with Crippen molar-refractivity contribution in [3.05, 3.63) is 103 Å². The number of halogens is 2. The molecule has 0 amide bonds. The van der Waals surface area contributed by atoms with Gasteiger partial charge in [-0.25, -0.2) is 0 Å². The van der Waals surface area contributed by atoms with Gasteiger partial charge in [0.15, 0.2) is 0 Å². The molecule has 0 bridgehead atoms. The van der Waals surface area contributed by atoms with Gasteiger partial charge in [-0.3, -0.25) is 0 Å². The second-order valence-corrected chi connectivity index (χ2v) is 27.7. The molecule has 0 radical (unpaired) electrons. The van der Waals surface area contributed by atoms with Crippen LogP contribution in [0.3, 0.4) is 0 Å². The van der Waals surface area contributed by atoms with Crippen LogP contribution in [0.25, 0.3) is 0 Å². The Morgan fingerprint density at radius 1 is 0.643 bits per heavy atom. The molecule has 2 aliphatic carbocycles. The maximum Gasteiger partial charge on any atom is -1.00 e. The summed E-state index contributed by atoms with van der Waals surface area (Å²) in [6.45, 7) is 4.70. The van der Waals surface area contributed by atoms with E-state index in [9.17, 15) is 0 Å². The quantitative estimate of drug-likeness (QED) is 0.377. The zero-order chi connectivity index (χ0) is 17.9. The van der Waals surface area contributed by atoms with Gasteiger partial charge in [-0.1, -0.05) is 0 Å². The molecule has 0 spiro atoms. The van der Waals surface area contributed by atoms with E-state index in [1.165, 1.54) is 12.8 Å². The summed E-state index contributed by atoms with van der Waals surface area (Å²) >= 11 is -2.21. The Balaban J connectivity index is 0.00000140. The summed E-state index contributed by atoms with van der Waals surface area (Å²) in [5.41, 5.74) is 3.15. The number of hydrogen-bond acceptors (Lipinski definition) is 0. The van der Waals surface area contributed by atoms with Gasteiger partial charge in [0.2, 0.25) is 0 Å². The third kappa shape index (κ3) is 4.79. The van der Waals surface area contributed by atoms with Gasteiger partial charge in [-0.2, -0.15) is 0 Å². The molecule has 0 saturated carbocycles. The first-order chi connectivity index (χ1) is 12.8. The summed E-state index contributed by atoms with van der Waals surface area (Å²) in [5, 5.41) is 3.28. The van der Waals surface area contributed by atoms with Crippen LogP contribution in [-0.4, -0.2) is 5.98 Å². The zero-order valence-electron chi connectivity index (χ0n) is 16.3. The third-order valence-electron chi connectivity index (χ3n) is 5.54. The van der Waals surface area contributed by atoms with E-state index in [4.69, 9.17) is 0 Å². The van der Waals surface area contributed by atoms with Gasteiger partial charge < -0.3 is 24.8 Å². The van der Waals surface area contributed by atoms with E-state index in [1.54, 1.807) is 21.5 Å². The molecule has 0 N–H and O–H groups in total. The van der Waals surface area contributed by atoms with Crippen LogP contribution in [0, 0.1) is 0 Å². The average Bonchev–Trinajstić information content (AvgIpc) is 3.29. The van der Waals surface area contributed by atoms with E-state index in [-0.39, 0.29) is 24.8 Å². The molecule has 4 rings (SSSR count). The molecule has 0 nitrogen and oxygen atoms in total. The van der Waals surface area contributed by atoms with Gasteiger partial charge in [0.05, 0.1) is 0 Å². The molecular weight excluding hydrogens is 566 g/mol. The minimum absolute atomic E-state index is 0. The first kappa shape index (κ1) is 23.3. The second kappa shape index (κ2) is 10.7. The molecular formula is C24H25Cl2HfSi. The Kier molecular flexibility index (Phi) is 8.95. The smallest absolute Gasteiger partial charge is 1.00 e. The van der Waals surface area contributed by atoms with E-state index in [0.29, 0.717) is 0 Å². The van der Waals surface area contributed by atoms with Crippen LogP contribution >= 0.6 is 0 Å². The van der Waals surface area contributed by atoms with E-state index >= 15 is 0 Å². The van der Waals surface area contributed by atoms with Crippen LogP contribution in [0.5, 0.6) is 0 Å². The molecule has 0 aromatic heterocycles. The van der Waals surface area contributed by atoms with Gasteiger partial charge in [0.1, 0.15) is 0 Å². The summed E-state index contributed by atoms with van der Waals surface area (Å²) in [4.78, 5) is 0. The molecule has 0 fully saturated rings. The van der Waals surface area contributed by atoms with E-state index in [2.05, 4.69) is 98.8 Å². The predicted octanol–water partition coefficient (Wildman–Crippen LogP) is -1.38. The number of allylic oxidation sites excluding steroid dienone is 8. The number of rotatable bonds is 5. The van der Waals surface area contributed by atoms with Gasteiger partial charge in [-0.05, 0) is 0 Å². The molecule has 0 heterocycles. The van der Waals surface area contributed by atoms with Crippen molar-refractivity contribution >= 4 is 16.4 Å². The summed E-state index contributed by atoms with van der Waals surface area (Å²) < 4.78 is 3.72. The van der Waals surface area contributed by atoms with Crippen LogP contribution < -0.4 is 35.2 Å². The topological polar surface area (TPSA) is 0 Å². The van der Waals surface area contributed by atoms with Crippen molar-refractivity contribution in [1.82, 2.24) is 0 Å². The molecule has 2 aromatic carbocycles. The molecule has 28 heavy (non-hydrogen) atoms. The van der Waals surface area contributed by atoms with Crippen molar-refractivity contribution in [2.45, 2.75) is 26.7 Å². The monoisotopic (exact) mass is 591 g/mol. The van der Waals surface area contributed by atoms with E-state index < -0.39 is 26.6 Å².